The second-order valence-electron chi connectivity index (χ2n) is 9.25. The smallest absolute Gasteiger partial charge is 0.252 e. The highest BCUT2D eigenvalue weighted by Gasteiger charge is 2.37. The van der Waals surface area contributed by atoms with E-state index in [2.05, 4.69) is 10.6 Å². The number of ether oxygens (including phenoxy) is 3. The molecule has 0 unspecified atom stereocenters. The maximum Gasteiger partial charge on any atom is 0.252 e. The molecule has 2 N–H and O–H groups in total. The van der Waals surface area contributed by atoms with Crippen LogP contribution in [0.1, 0.15) is 43.5 Å². The van der Waals surface area contributed by atoms with E-state index in [9.17, 15) is 18.0 Å². The average molecular weight is 532 g/mol. The number of carbonyl (C=O) groups excluding carboxylic acids is 2. The molecule has 0 saturated carbocycles. The van der Waals surface area contributed by atoms with Crippen molar-refractivity contribution in [2.75, 3.05) is 27.0 Å². The van der Waals surface area contributed by atoms with Gasteiger partial charge < -0.3 is 24.8 Å². The topological polar surface area (TPSA) is 123 Å². The molecule has 1 saturated heterocycles. The first-order valence-electron chi connectivity index (χ1n) is 12.4. The molecule has 2 atom stereocenters. The van der Waals surface area contributed by atoms with Crippen LogP contribution in [-0.4, -0.2) is 63.6 Å². The van der Waals surface area contributed by atoms with E-state index in [1.54, 1.807) is 30.3 Å². The molecule has 2 aliphatic rings. The molecular weight excluding hydrogens is 498 g/mol. The first-order chi connectivity index (χ1) is 17.7. The SMILES string of the molecule is CC[C@H](C)NC(=O)[C@@H](NC(=O)c1ccc2c(c1)OCO2)C1CCN(S(=O)(=O)c2ccc(OC)cc2)CC1. The van der Waals surface area contributed by atoms with Crippen molar-refractivity contribution in [3.63, 3.8) is 0 Å². The standard InChI is InChI=1S/C26H33N3O7S/c1-4-17(2)27-26(31)24(28-25(30)19-5-10-22-23(15-19)36-16-35-22)18-11-13-29(14-12-18)37(32,33)21-8-6-20(34-3)7-9-21/h5-10,15,17-18,24H,4,11-14,16H2,1-3H3,(H,27,31)(H,28,30)/t17-,24-/m0/s1. The molecule has 11 heteroatoms. The quantitative estimate of drug-likeness (QED) is 0.510. The Morgan fingerprint density at radius 3 is 2.38 bits per heavy atom. The molecular formula is C26H33N3O7S. The van der Waals surface area contributed by atoms with Crippen LogP contribution in [0.25, 0.3) is 0 Å². The van der Waals surface area contributed by atoms with E-state index in [-0.39, 0.29) is 42.6 Å². The van der Waals surface area contributed by atoms with E-state index in [1.807, 2.05) is 13.8 Å². The summed E-state index contributed by atoms with van der Waals surface area (Å²) in [7, 11) is -2.17. The van der Waals surface area contributed by atoms with Crippen molar-refractivity contribution in [1.29, 1.82) is 0 Å². The Balaban J connectivity index is 1.47. The molecule has 2 heterocycles. The highest BCUT2D eigenvalue weighted by atomic mass is 32.2. The predicted octanol–water partition coefficient (Wildman–Crippen LogP) is 2.54. The minimum absolute atomic E-state index is 0.0621. The Labute approximate surface area is 217 Å². The zero-order valence-electron chi connectivity index (χ0n) is 21.2. The number of hydrogen-bond donors (Lipinski definition) is 2. The molecule has 2 aromatic rings. The van der Waals surface area contributed by atoms with E-state index < -0.39 is 22.0 Å². The molecule has 0 aliphatic carbocycles. The second-order valence-corrected chi connectivity index (χ2v) is 11.2. The van der Waals surface area contributed by atoms with Crippen molar-refractivity contribution in [2.24, 2.45) is 5.92 Å². The molecule has 0 aromatic heterocycles. The number of amides is 2. The summed E-state index contributed by atoms with van der Waals surface area (Å²) in [6.07, 6.45) is 1.60. The number of nitrogens with one attached hydrogen (secondary N) is 2. The number of rotatable bonds is 9. The monoisotopic (exact) mass is 531 g/mol. The summed E-state index contributed by atoms with van der Waals surface area (Å²) in [5.74, 6) is 0.699. The third-order valence-electron chi connectivity index (χ3n) is 6.87. The molecule has 37 heavy (non-hydrogen) atoms. The number of piperidine rings is 1. The largest absolute Gasteiger partial charge is 0.497 e. The molecule has 0 spiro atoms. The van der Waals surface area contributed by atoms with Crippen molar-refractivity contribution >= 4 is 21.8 Å². The number of benzene rings is 2. The van der Waals surface area contributed by atoms with Crippen LogP contribution in [0.2, 0.25) is 0 Å². The molecule has 4 rings (SSSR count). The van der Waals surface area contributed by atoms with Gasteiger partial charge in [-0.05, 0) is 74.6 Å². The van der Waals surface area contributed by atoms with E-state index in [1.165, 1.54) is 23.5 Å². The van der Waals surface area contributed by atoms with Gasteiger partial charge in [0, 0.05) is 24.7 Å². The Morgan fingerprint density at radius 1 is 1.05 bits per heavy atom. The number of nitrogens with zero attached hydrogens (tertiary/aromatic N) is 1. The Morgan fingerprint density at radius 2 is 1.73 bits per heavy atom. The fourth-order valence-electron chi connectivity index (χ4n) is 4.44. The van der Waals surface area contributed by atoms with Gasteiger partial charge in [0.05, 0.1) is 12.0 Å². The fourth-order valence-corrected chi connectivity index (χ4v) is 5.91. The zero-order valence-corrected chi connectivity index (χ0v) is 22.0. The number of carbonyl (C=O) groups is 2. The molecule has 2 aromatic carbocycles. The lowest BCUT2D eigenvalue weighted by Crippen LogP contribution is -2.55. The van der Waals surface area contributed by atoms with Gasteiger partial charge in [0.1, 0.15) is 11.8 Å². The van der Waals surface area contributed by atoms with Gasteiger partial charge >= 0.3 is 0 Å². The summed E-state index contributed by atoms with van der Waals surface area (Å²) in [5, 5.41) is 5.85. The van der Waals surface area contributed by atoms with Crippen LogP contribution in [-0.2, 0) is 14.8 Å². The molecule has 1 fully saturated rings. The lowest BCUT2D eigenvalue weighted by atomic mass is 9.89. The summed E-state index contributed by atoms with van der Waals surface area (Å²) in [4.78, 5) is 26.5. The van der Waals surface area contributed by atoms with E-state index >= 15 is 0 Å². The van der Waals surface area contributed by atoms with Crippen LogP contribution in [0.4, 0.5) is 0 Å². The third kappa shape index (κ3) is 5.99. The fraction of sp³-hybridized carbons (Fsp3) is 0.462. The van der Waals surface area contributed by atoms with Crippen LogP contribution in [0.15, 0.2) is 47.4 Å². The van der Waals surface area contributed by atoms with Crippen molar-refractivity contribution in [2.45, 2.75) is 50.1 Å². The van der Waals surface area contributed by atoms with Gasteiger partial charge in [0.25, 0.3) is 5.91 Å². The molecule has 2 amide bonds. The van der Waals surface area contributed by atoms with Crippen molar-refractivity contribution in [1.82, 2.24) is 14.9 Å². The molecule has 10 nitrogen and oxygen atoms in total. The third-order valence-corrected chi connectivity index (χ3v) is 8.78. The summed E-state index contributed by atoms with van der Waals surface area (Å²) in [5.41, 5.74) is 0.352. The highest BCUT2D eigenvalue weighted by Crippen LogP contribution is 2.33. The molecule has 200 valence electrons. The molecule has 0 bridgehead atoms. The second kappa shape index (κ2) is 11.4. The average Bonchev–Trinajstić information content (AvgIpc) is 3.39. The van der Waals surface area contributed by atoms with E-state index in [0.29, 0.717) is 35.7 Å². The summed E-state index contributed by atoms with van der Waals surface area (Å²) in [6, 6.07) is 10.3. The maximum atomic E-state index is 13.2. The van der Waals surface area contributed by atoms with Crippen molar-refractivity contribution in [3.8, 4) is 17.2 Å². The maximum absolute atomic E-state index is 13.2. The van der Waals surface area contributed by atoms with Crippen LogP contribution in [0.5, 0.6) is 17.2 Å². The Kier molecular flexibility index (Phi) is 8.23. The first kappa shape index (κ1) is 26.7. The van der Waals surface area contributed by atoms with Crippen molar-refractivity contribution in [3.05, 3.63) is 48.0 Å². The lowest BCUT2D eigenvalue weighted by Gasteiger charge is -2.35. The van der Waals surface area contributed by atoms with E-state index in [4.69, 9.17) is 14.2 Å². The van der Waals surface area contributed by atoms with Gasteiger partial charge in [-0.3, -0.25) is 9.59 Å². The lowest BCUT2D eigenvalue weighted by molar-refractivity contribution is -0.125. The van der Waals surface area contributed by atoms with Gasteiger partial charge in [0.15, 0.2) is 11.5 Å². The number of hydrogen-bond acceptors (Lipinski definition) is 7. The number of fused-ring (bicyclic) bond motifs is 1. The predicted molar refractivity (Wildman–Crippen MR) is 136 cm³/mol. The van der Waals surface area contributed by atoms with Crippen LogP contribution in [0, 0.1) is 5.92 Å². The Hall–Kier alpha value is -3.31. The van der Waals surface area contributed by atoms with Gasteiger partial charge in [0.2, 0.25) is 22.7 Å². The summed E-state index contributed by atoms with van der Waals surface area (Å²) >= 11 is 0. The summed E-state index contributed by atoms with van der Waals surface area (Å²) in [6.45, 7) is 4.45. The van der Waals surface area contributed by atoms with Crippen LogP contribution >= 0.6 is 0 Å². The number of methoxy groups -OCH3 is 1. The normalized spacial score (nSPS) is 17.6. The van der Waals surface area contributed by atoms with Crippen molar-refractivity contribution < 1.29 is 32.2 Å². The summed E-state index contributed by atoms with van der Waals surface area (Å²) < 4.78 is 43.5. The molecule has 2 aliphatic heterocycles. The minimum Gasteiger partial charge on any atom is -0.497 e. The van der Waals surface area contributed by atoms with Gasteiger partial charge in [-0.2, -0.15) is 4.31 Å². The first-order valence-corrected chi connectivity index (χ1v) is 13.8. The van der Waals surface area contributed by atoms with Crippen LogP contribution < -0.4 is 24.8 Å². The molecule has 0 radical (unpaired) electrons. The highest BCUT2D eigenvalue weighted by molar-refractivity contribution is 7.89. The zero-order chi connectivity index (χ0) is 26.6. The van der Waals surface area contributed by atoms with Gasteiger partial charge in [-0.1, -0.05) is 6.92 Å². The van der Waals surface area contributed by atoms with Gasteiger partial charge in [-0.25, -0.2) is 8.42 Å². The van der Waals surface area contributed by atoms with Crippen LogP contribution in [0.3, 0.4) is 0 Å². The van der Waals surface area contributed by atoms with E-state index in [0.717, 1.165) is 6.42 Å². The minimum atomic E-state index is -3.69. The number of sulfonamides is 1. The van der Waals surface area contributed by atoms with Gasteiger partial charge in [-0.15, -0.1) is 0 Å². The Bertz CT molecular complexity index is 1230.